The van der Waals surface area contributed by atoms with E-state index in [1.807, 2.05) is 42.5 Å². The van der Waals surface area contributed by atoms with Gasteiger partial charge in [-0.3, -0.25) is 4.79 Å². The van der Waals surface area contributed by atoms with E-state index >= 15 is 0 Å². The number of amides is 1. The molecule has 1 aromatic carbocycles. The summed E-state index contributed by atoms with van der Waals surface area (Å²) in [5, 5.41) is 11.3. The van der Waals surface area contributed by atoms with E-state index in [-0.39, 0.29) is 17.8 Å². The third kappa shape index (κ3) is 4.42. The maximum absolute atomic E-state index is 13.8. The normalized spacial score (nSPS) is 22.7. The van der Waals surface area contributed by atoms with Crippen LogP contribution in [0.5, 0.6) is 0 Å². The molecule has 2 fully saturated rings. The minimum absolute atomic E-state index is 0.126. The second kappa shape index (κ2) is 9.06. The van der Waals surface area contributed by atoms with E-state index in [0.717, 1.165) is 35.5 Å². The molecule has 7 heteroatoms. The number of benzene rings is 1. The molecule has 1 amide bonds. The van der Waals surface area contributed by atoms with Gasteiger partial charge in [-0.05, 0) is 30.9 Å². The van der Waals surface area contributed by atoms with Gasteiger partial charge in [0.2, 0.25) is 0 Å². The summed E-state index contributed by atoms with van der Waals surface area (Å²) in [6.07, 6.45) is 8.62. The summed E-state index contributed by atoms with van der Waals surface area (Å²) in [5.41, 5.74) is 1.34. The number of nitrogens with zero attached hydrogens (tertiary/aromatic N) is 4. The first-order valence-corrected chi connectivity index (χ1v) is 11.8. The molecule has 3 heterocycles. The van der Waals surface area contributed by atoms with Crippen LogP contribution in [-0.4, -0.2) is 57.2 Å². The summed E-state index contributed by atoms with van der Waals surface area (Å²) in [6, 6.07) is 11.8. The van der Waals surface area contributed by atoms with Gasteiger partial charge in [-0.1, -0.05) is 36.4 Å². The van der Waals surface area contributed by atoms with Crippen LogP contribution in [-0.2, 0) is 4.79 Å². The van der Waals surface area contributed by atoms with Gasteiger partial charge in [0.1, 0.15) is 23.6 Å². The van der Waals surface area contributed by atoms with Crippen LogP contribution >= 0.6 is 0 Å². The van der Waals surface area contributed by atoms with Crippen molar-refractivity contribution in [1.82, 2.24) is 14.9 Å². The number of allylic oxidation sites excluding steroid dienone is 2. The zero-order valence-electron chi connectivity index (χ0n) is 18.7. The van der Waals surface area contributed by atoms with Crippen LogP contribution in [0, 0.1) is 0 Å². The molecule has 2 aromatic rings. The van der Waals surface area contributed by atoms with E-state index in [0.29, 0.717) is 45.3 Å². The molecule has 1 N–H and O–H groups in total. The van der Waals surface area contributed by atoms with Crippen LogP contribution in [0.4, 0.5) is 10.2 Å². The number of likely N-dealkylation sites (tertiary alicyclic amines) is 1. The predicted octanol–water partition coefficient (Wildman–Crippen LogP) is 4.04. The molecule has 172 valence electrons. The number of hydrogen-bond donors (Lipinski definition) is 1. The summed E-state index contributed by atoms with van der Waals surface area (Å²) in [5.74, 6) is 0.446. The summed E-state index contributed by atoms with van der Waals surface area (Å²) in [6.45, 7) is 1.67. The van der Waals surface area contributed by atoms with E-state index in [9.17, 15) is 14.3 Å². The Morgan fingerprint density at radius 3 is 2.67 bits per heavy atom. The minimum atomic E-state index is -1.40. The van der Waals surface area contributed by atoms with Crippen LogP contribution in [0.3, 0.4) is 0 Å². The molecule has 1 atom stereocenters. The van der Waals surface area contributed by atoms with E-state index in [1.54, 1.807) is 17.3 Å². The largest absolute Gasteiger partial charge is 0.380 e. The molecule has 6 nitrogen and oxygen atoms in total. The van der Waals surface area contributed by atoms with Crippen LogP contribution in [0.2, 0.25) is 0 Å². The predicted molar refractivity (Wildman–Crippen MR) is 125 cm³/mol. The molecule has 5 rings (SSSR count). The van der Waals surface area contributed by atoms with E-state index in [2.05, 4.69) is 14.9 Å². The Labute approximate surface area is 193 Å². The smallest absolute Gasteiger partial charge is 0.255 e. The number of rotatable bonds is 4. The highest BCUT2D eigenvalue weighted by atomic mass is 19.1. The van der Waals surface area contributed by atoms with Gasteiger partial charge in [0.25, 0.3) is 5.91 Å². The third-order valence-electron chi connectivity index (χ3n) is 7.02. The van der Waals surface area contributed by atoms with E-state index < -0.39 is 5.60 Å². The maximum atomic E-state index is 13.8. The molecule has 2 saturated heterocycles. The molecule has 1 aromatic heterocycles. The average molecular weight is 449 g/mol. The van der Waals surface area contributed by atoms with E-state index in [1.165, 1.54) is 0 Å². The van der Waals surface area contributed by atoms with Gasteiger partial charge in [0.15, 0.2) is 0 Å². The second-order valence-electron chi connectivity index (χ2n) is 9.14. The van der Waals surface area contributed by atoms with Gasteiger partial charge < -0.3 is 14.9 Å². The van der Waals surface area contributed by atoms with Crippen molar-refractivity contribution in [3.05, 3.63) is 66.3 Å². The minimum Gasteiger partial charge on any atom is -0.380 e. The highest BCUT2D eigenvalue weighted by Gasteiger charge is 2.45. The first kappa shape index (κ1) is 21.8. The zero-order valence-corrected chi connectivity index (χ0v) is 18.7. The van der Waals surface area contributed by atoms with Gasteiger partial charge >= 0.3 is 0 Å². The quantitative estimate of drug-likeness (QED) is 0.765. The number of carbonyl (C=O) groups is 1. The first-order chi connectivity index (χ1) is 16.0. The average Bonchev–Trinajstić information content (AvgIpc) is 3.35. The number of aliphatic hydroxyl groups is 1. The Morgan fingerprint density at radius 2 is 1.91 bits per heavy atom. The molecule has 33 heavy (non-hydrogen) atoms. The maximum Gasteiger partial charge on any atom is 0.255 e. The molecular formula is C26H29FN4O2. The fourth-order valence-corrected chi connectivity index (χ4v) is 5.15. The standard InChI is InChI=1S/C26H29FN4O2/c27-21-9-4-8-20(16-21)23-10-5-13-31(23)25(32)26(33)11-14-30(15-12-26)24-17-22(28-18-29-24)19-6-2-1-3-7-19/h1-3,6-8,16-18,23,33H,4-5,9-15H2/t23-/m0/s1. The Hall–Kier alpha value is -3.06. The van der Waals surface area contributed by atoms with Gasteiger partial charge in [-0.15, -0.1) is 0 Å². The first-order valence-electron chi connectivity index (χ1n) is 11.8. The van der Waals surface area contributed by atoms with Crippen molar-refractivity contribution < 1.29 is 14.3 Å². The molecule has 0 radical (unpaired) electrons. The number of carbonyl (C=O) groups excluding carboxylic acids is 1. The molecular weight excluding hydrogens is 419 g/mol. The van der Waals surface area contributed by atoms with Crippen molar-refractivity contribution in [2.45, 2.75) is 50.2 Å². The number of piperidine rings is 1. The Balaban J connectivity index is 1.27. The topological polar surface area (TPSA) is 69.6 Å². The monoisotopic (exact) mass is 448 g/mol. The van der Waals surface area contributed by atoms with Crippen molar-refractivity contribution in [2.75, 3.05) is 24.5 Å². The highest BCUT2D eigenvalue weighted by molar-refractivity contribution is 5.86. The van der Waals surface area contributed by atoms with Gasteiger partial charge in [-0.2, -0.15) is 0 Å². The number of hydrogen-bond acceptors (Lipinski definition) is 5. The summed E-state index contributed by atoms with van der Waals surface area (Å²) in [4.78, 5) is 26.1. The third-order valence-corrected chi connectivity index (χ3v) is 7.02. The molecule has 2 aliphatic heterocycles. The Morgan fingerprint density at radius 1 is 1.12 bits per heavy atom. The van der Waals surface area contributed by atoms with Crippen molar-refractivity contribution >= 4 is 11.7 Å². The molecule has 0 unspecified atom stereocenters. The summed E-state index contributed by atoms with van der Waals surface area (Å²) < 4.78 is 13.8. The Bertz CT molecular complexity index is 1080. The van der Waals surface area contributed by atoms with Crippen LogP contribution in [0.25, 0.3) is 11.3 Å². The molecule has 0 spiro atoms. The number of halogens is 1. The SMILES string of the molecule is O=C(N1CCC[C@H]1C1=CCCC(F)=C1)C1(O)CCN(c2cc(-c3ccccc3)ncn2)CC1. The van der Waals surface area contributed by atoms with Crippen molar-refractivity contribution in [2.24, 2.45) is 0 Å². The van der Waals surface area contributed by atoms with Crippen molar-refractivity contribution in [3.8, 4) is 11.3 Å². The number of anilines is 1. The van der Waals surface area contributed by atoms with Crippen molar-refractivity contribution in [3.63, 3.8) is 0 Å². The second-order valence-corrected chi connectivity index (χ2v) is 9.14. The molecule has 0 saturated carbocycles. The van der Waals surface area contributed by atoms with Gasteiger partial charge in [0.05, 0.1) is 11.7 Å². The molecule has 1 aliphatic carbocycles. The van der Waals surface area contributed by atoms with Crippen molar-refractivity contribution in [1.29, 1.82) is 0 Å². The lowest BCUT2D eigenvalue weighted by molar-refractivity contribution is -0.153. The van der Waals surface area contributed by atoms with E-state index in [4.69, 9.17) is 0 Å². The highest BCUT2D eigenvalue weighted by Crippen LogP contribution is 2.34. The van der Waals surface area contributed by atoms with Crippen LogP contribution < -0.4 is 4.90 Å². The lowest BCUT2D eigenvalue weighted by Gasteiger charge is -2.41. The van der Waals surface area contributed by atoms with Crippen LogP contribution in [0.1, 0.15) is 38.5 Å². The van der Waals surface area contributed by atoms with Crippen LogP contribution in [0.15, 0.2) is 66.3 Å². The van der Waals surface area contributed by atoms with Gasteiger partial charge in [-0.25, -0.2) is 14.4 Å². The lowest BCUT2D eigenvalue weighted by Crippen LogP contribution is -2.56. The molecule has 0 bridgehead atoms. The molecule has 3 aliphatic rings. The van der Waals surface area contributed by atoms with Gasteiger partial charge in [0, 0.05) is 50.5 Å². The fraction of sp³-hybridized carbons (Fsp3) is 0.423. The number of aromatic nitrogens is 2. The lowest BCUT2D eigenvalue weighted by atomic mass is 9.88. The Kier molecular flexibility index (Phi) is 5.98. The summed E-state index contributed by atoms with van der Waals surface area (Å²) in [7, 11) is 0. The zero-order chi connectivity index (χ0) is 22.8. The summed E-state index contributed by atoms with van der Waals surface area (Å²) >= 11 is 0. The fourth-order valence-electron chi connectivity index (χ4n) is 5.15.